The Balaban J connectivity index is 2.01. The Kier molecular flexibility index (Phi) is 4.19. The molecule has 0 aliphatic carbocycles. The van der Waals surface area contributed by atoms with Crippen LogP contribution in [0.2, 0.25) is 5.02 Å². The molecule has 1 saturated heterocycles. The highest BCUT2D eigenvalue weighted by Crippen LogP contribution is 2.18. The molecule has 0 bridgehead atoms. The van der Waals surface area contributed by atoms with Crippen molar-refractivity contribution in [3.8, 4) is 0 Å². The van der Waals surface area contributed by atoms with Crippen LogP contribution < -0.4 is 5.32 Å². The monoisotopic (exact) mass is 241 g/mol. The summed E-state index contributed by atoms with van der Waals surface area (Å²) in [5.74, 6) is -0.182. The van der Waals surface area contributed by atoms with E-state index in [1.165, 1.54) is 25.3 Å². The van der Waals surface area contributed by atoms with Gasteiger partial charge in [0.15, 0.2) is 0 Å². The summed E-state index contributed by atoms with van der Waals surface area (Å²) in [5, 5.41) is 3.94. The van der Waals surface area contributed by atoms with Gasteiger partial charge in [0.25, 0.3) is 0 Å². The first kappa shape index (κ1) is 11.9. The summed E-state index contributed by atoms with van der Waals surface area (Å²) in [4.78, 5) is 0. The number of hydrogen-bond donors (Lipinski definition) is 1. The zero-order valence-electron chi connectivity index (χ0n) is 9.31. The predicted molar refractivity (Wildman–Crippen MR) is 65.4 cm³/mol. The molecule has 1 unspecified atom stereocenters. The van der Waals surface area contributed by atoms with Gasteiger partial charge in [-0.3, -0.25) is 0 Å². The van der Waals surface area contributed by atoms with E-state index in [4.69, 9.17) is 11.6 Å². The van der Waals surface area contributed by atoms with Crippen molar-refractivity contribution >= 4 is 11.6 Å². The molecule has 16 heavy (non-hydrogen) atoms. The van der Waals surface area contributed by atoms with Crippen molar-refractivity contribution in [1.82, 2.24) is 5.32 Å². The summed E-state index contributed by atoms with van der Waals surface area (Å²) in [6, 6.07) is 5.37. The zero-order chi connectivity index (χ0) is 11.4. The van der Waals surface area contributed by atoms with Crippen LogP contribution in [0.15, 0.2) is 18.2 Å². The molecule has 0 radical (unpaired) electrons. The van der Waals surface area contributed by atoms with E-state index in [1.54, 1.807) is 12.1 Å². The van der Waals surface area contributed by atoms with Crippen LogP contribution in [-0.4, -0.2) is 12.6 Å². The van der Waals surface area contributed by atoms with Crippen molar-refractivity contribution in [2.45, 2.75) is 38.1 Å². The van der Waals surface area contributed by atoms with Crippen LogP contribution in [0.1, 0.15) is 31.2 Å². The molecular weight excluding hydrogens is 225 g/mol. The fourth-order valence-corrected chi connectivity index (χ4v) is 2.39. The second kappa shape index (κ2) is 5.65. The lowest BCUT2D eigenvalue weighted by atomic mass is 10.0. The molecule has 0 aromatic heterocycles. The van der Waals surface area contributed by atoms with Gasteiger partial charge in [-0.05, 0) is 43.5 Å². The fraction of sp³-hybridized carbons (Fsp3) is 0.538. The minimum Gasteiger partial charge on any atom is -0.314 e. The minimum atomic E-state index is -0.182. The van der Waals surface area contributed by atoms with Gasteiger partial charge >= 0.3 is 0 Å². The topological polar surface area (TPSA) is 12.0 Å². The van der Waals surface area contributed by atoms with E-state index in [1.807, 2.05) is 0 Å². The van der Waals surface area contributed by atoms with Crippen molar-refractivity contribution in [2.24, 2.45) is 0 Å². The quantitative estimate of drug-likeness (QED) is 0.835. The zero-order valence-corrected chi connectivity index (χ0v) is 10.1. The summed E-state index contributed by atoms with van der Waals surface area (Å²) in [5.41, 5.74) is 0.767. The summed E-state index contributed by atoms with van der Waals surface area (Å²) >= 11 is 5.73. The van der Waals surface area contributed by atoms with Crippen LogP contribution in [0, 0.1) is 5.82 Å². The smallest absolute Gasteiger partial charge is 0.127 e. The second-order valence-corrected chi connectivity index (χ2v) is 4.88. The Hall–Kier alpha value is -0.600. The molecule has 1 heterocycles. The van der Waals surface area contributed by atoms with Crippen LogP contribution in [0.5, 0.6) is 0 Å². The van der Waals surface area contributed by atoms with Crippen LogP contribution >= 0.6 is 11.6 Å². The SMILES string of the molecule is Fc1cc(Cl)ccc1CC1CCCCCN1. The lowest BCUT2D eigenvalue weighted by Crippen LogP contribution is -2.30. The van der Waals surface area contributed by atoms with Gasteiger partial charge in [-0.1, -0.05) is 30.5 Å². The van der Waals surface area contributed by atoms with Crippen molar-refractivity contribution in [3.63, 3.8) is 0 Å². The first-order chi connectivity index (χ1) is 7.75. The largest absolute Gasteiger partial charge is 0.314 e. The van der Waals surface area contributed by atoms with Crippen LogP contribution in [0.3, 0.4) is 0 Å². The van der Waals surface area contributed by atoms with Gasteiger partial charge in [0.05, 0.1) is 0 Å². The molecule has 0 spiro atoms. The van der Waals surface area contributed by atoms with Crippen LogP contribution in [-0.2, 0) is 6.42 Å². The number of nitrogens with one attached hydrogen (secondary N) is 1. The van der Waals surface area contributed by atoms with Gasteiger partial charge in [-0.25, -0.2) is 4.39 Å². The first-order valence-electron chi connectivity index (χ1n) is 5.93. The lowest BCUT2D eigenvalue weighted by molar-refractivity contribution is 0.494. The molecule has 0 amide bonds. The maximum Gasteiger partial charge on any atom is 0.127 e. The maximum absolute atomic E-state index is 13.6. The standard InChI is InChI=1S/C13H17ClFN/c14-11-6-5-10(13(15)9-11)8-12-4-2-1-3-7-16-12/h5-6,9,12,16H,1-4,7-8H2. The normalized spacial score (nSPS) is 21.8. The Morgan fingerprint density at radius 2 is 2.19 bits per heavy atom. The van der Waals surface area contributed by atoms with Crippen molar-refractivity contribution in [3.05, 3.63) is 34.6 Å². The van der Waals surface area contributed by atoms with E-state index in [-0.39, 0.29) is 5.82 Å². The Morgan fingerprint density at radius 1 is 1.31 bits per heavy atom. The fourth-order valence-electron chi connectivity index (χ4n) is 2.23. The number of benzene rings is 1. The van der Waals surface area contributed by atoms with Gasteiger partial charge in [0.2, 0.25) is 0 Å². The summed E-state index contributed by atoms with van der Waals surface area (Å²) in [7, 11) is 0. The highest BCUT2D eigenvalue weighted by molar-refractivity contribution is 6.30. The maximum atomic E-state index is 13.6. The number of rotatable bonds is 2. The van der Waals surface area contributed by atoms with Gasteiger partial charge in [0, 0.05) is 11.1 Å². The van der Waals surface area contributed by atoms with Gasteiger partial charge in [-0.2, -0.15) is 0 Å². The lowest BCUT2D eigenvalue weighted by Gasteiger charge is -2.16. The van der Waals surface area contributed by atoms with Crippen LogP contribution in [0.25, 0.3) is 0 Å². The molecule has 0 saturated carbocycles. The third-order valence-electron chi connectivity index (χ3n) is 3.14. The van der Waals surface area contributed by atoms with E-state index >= 15 is 0 Å². The van der Waals surface area contributed by atoms with Crippen molar-refractivity contribution in [1.29, 1.82) is 0 Å². The van der Waals surface area contributed by atoms with Gasteiger partial charge in [0.1, 0.15) is 5.82 Å². The first-order valence-corrected chi connectivity index (χ1v) is 6.31. The Morgan fingerprint density at radius 3 is 3.00 bits per heavy atom. The third-order valence-corrected chi connectivity index (χ3v) is 3.38. The molecule has 1 atom stereocenters. The Labute approximate surface area is 101 Å². The number of halogens is 2. The average molecular weight is 242 g/mol. The summed E-state index contributed by atoms with van der Waals surface area (Å²) in [6.45, 7) is 1.06. The molecule has 1 fully saturated rings. The highest BCUT2D eigenvalue weighted by atomic mass is 35.5. The highest BCUT2D eigenvalue weighted by Gasteiger charge is 2.14. The van der Waals surface area contributed by atoms with Crippen LogP contribution in [0.4, 0.5) is 4.39 Å². The van der Waals surface area contributed by atoms with Crippen molar-refractivity contribution in [2.75, 3.05) is 6.54 Å². The molecule has 3 heteroatoms. The van der Waals surface area contributed by atoms with E-state index in [2.05, 4.69) is 5.32 Å². The van der Waals surface area contributed by atoms with E-state index in [0.717, 1.165) is 24.9 Å². The molecule has 1 nitrogen and oxygen atoms in total. The second-order valence-electron chi connectivity index (χ2n) is 4.44. The summed E-state index contributed by atoms with van der Waals surface area (Å²) in [6.07, 6.45) is 5.67. The molecule has 1 aliphatic rings. The molecule has 88 valence electrons. The molecule has 1 aromatic rings. The van der Waals surface area contributed by atoms with E-state index < -0.39 is 0 Å². The summed E-state index contributed by atoms with van der Waals surface area (Å²) < 4.78 is 13.6. The average Bonchev–Trinajstić information content (AvgIpc) is 2.51. The third kappa shape index (κ3) is 3.19. The molecular formula is C13H17ClFN. The van der Waals surface area contributed by atoms with E-state index in [9.17, 15) is 4.39 Å². The van der Waals surface area contributed by atoms with Gasteiger partial charge in [-0.15, -0.1) is 0 Å². The number of hydrogen-bond acceptors (Lipinski definition) is 1. The minimum absolute atomic E-state index is 0.182. The Bertz CT molecular complexity index is 346. The van der Waals surface area contributed by atoms with Gasteiger partial charge < -0.3 is 5.32 Å². The molecule has 2 rings (SSSR count). The van der Waals surface area contributed by atoms with Crippen molar-refractivity contribution < 1.29 is 4.39 Å². The molecule has 1 aromatic carbocycles. The van der Waals surface area contributed by atoms with E-state index in [0.29, 0.717) is 11.1 Å². The molecule has 1 aliphatic heterocycles. The molecule has 1 N–H and O–H groups in total. The predicted octanol–water partition coefficient (Wildman–Crippen LogP) is 3.55.